The Kier molecular flexibility index (Phi) is 6.26. The zero-order valence-electron chi connectivity index (χ0n) is 17.8. The maximum atomic E-state index is 12.1. The Labute approximate surface area is 199 Å². The predicted octanol–water partition coefficient (Wildman–Crippen LogP) is 4.84. The van der Waals surface area contributed by atoms with Gasteiger partial charge in [0.25, 0.3) is 5.91 Å². The molecule has 0 fully saturated rings. The molecule has 1 N–H and O–H groups in total. The summed E-state index contributed by atoms with van der Waals surface area (Å²) in [7, 11) is 0. The highest BCUT2D eigenvalue weighted by atomic mass is 32.2. The number of hydrogen-bond donors (Lipinski definition) is 1. The number of nitrogens with zero attached hydrogens (tertiary/aromatic N) is 5. The summed E-state index contributed by atoms with van der Waals surface area (Å²) in [5.74, 6) is 0.900. The number of pyridine rings is 1. The van der Waals surface area contributed by atoms with E-state index in [-0.39, 0.29) is 5.91 Å². The van der Waals surface area contributed by atoms with Crippen molar-refractivity contribution in [2.24, 2.45) is 5.10 Å². The van der Waals surface area contributed by atoms with Crippen LogP contribution in [0.15, 0.2) is 117 Å². The van der Waals surface area contributed by atoms with E-state index in [4.69, 9.17) is 4.42 Å². The maximum Gasteiger partial charge on any atom is 0.271 e. The van der Waals surface area contributed by atoms with Crippen molar-refractivity contribution in [1.82, 2.24) is 25.2 Å². The number of rotatable bonds is 7. The maximum absolute atomic E-state index is 12.1. The van der Waals surface area contributed by atoms with Crippen LogP contribution >= 0.6 is 11.8 Å². The van der Waals surface area contributed by atoms with Gasteiger partial charge in [0.05, 0.1) is 6.21 Å². The monoisotopic (exact) mass is 466 g/mol. The highest BCUT2D eigenvalue weighted by Crippen LogP contribution is 2.32. The molecule has 0 saturated carbocycles. The topological polar surface area (TPSA) is 98.2 Å². The number of hydrazone groups is 1. The summed E-state index contributed by atoms with van der Waals surface area (Å²) in [6, 6.07) is 26.6. The third-order valence-electron chi connectivity index (χ3n) is 4.77. The van der Waals surface area contributed by atoms with Crippen molar-refractivity contribution in [3.63, 3.8) is 0 Å². The predicted molar refractivity (Wildman–Crippen MR) is 129 cm³/mol. The van der Waals surface area contributed by atoms with Crippen molar-refractivity contribution in [2.75, 3.05) is 0 Å². The lowest BCUT2D eigenvalue weighted by molar-refractivity contribution is 0.0955. The van der Waals surface area contributed by atoms with Crippen molar-refractivity contribution in [3.05, 3.63) is 109 Å². The molecule has 0 aliphatic rings. The van der Waals surface area contributed by atoms with Crippen LogP contribution in [0.4, 0.5) is 0 Å². The van der Waals surface area contributed by atoms with Crippen LogP contribution in [0.5, 0.6) is 0 Å². The lowest BCUT2D eigenvalue weighted by atomic mass is 10.2. The number of carbonyl (C=O) groups is 1. The largest absolute Gasteiger partial charge is 0.448 e. The van der Waals surface area contributed by atoms with E-state index < -0.39 is 0 Å². The summed E-state index contributed by atoms with van der Waals surface area (Å²) >= 11 is 1.35. The molecule has 0 atom stereocenters. The van der Waals surface area contributed by atoms with E-state index >= 15 is 0 Å². The van der Waals surface area contributed by atoms with Gasteiger partial charge in [0.1, 0.15) is 5.76 Å². The fourth-order valence-corrected chi connectivity index (χ4v) is 4.01. The second-order valence-corrected chi connectivity index (χ2v) is 8.01. The van der Waals surface area contributed by atoms with E-state index in [0.29, 0.717) is 21.6 Å². The molecule has 9 heteroatoms. The number of amides is 1. The molecule has 0 unspecified atom stereocenters. The molecular weight excluding hydrogens is 448 g/mol. The highest BCUT2D eigenvalue weighted by Gasteiger charge is 2.18. The molecular formula is C25H18N6O2S. The van der Waals surface area contributed by atoms with Crippen molar-refractivity contribution in [1.29, 1.82) is 0 Å². The van der Waals surface area contributed by atoms with E-state index in [1.54, 1.807) is 30.6 Å². The second-order valence-electron chi connectivity index (χ2n) is 7.04. The molecule has 2 aromatic carbocycles. The Morgan fingerprint density at radius 1 is 0.912 bits per heavy atom. The molecule has 0 radical (unpaired) electrons. The van der Waals surface area contributed by atoms with Crippen LogP contribution < -0.4 is 5.43 Å². The Bertz CT molecular complexity index is 1420. The second kappa shape index (κ2) is 9.97. The van der Waals surface area contributed by atoms with E-state index in [0.717, 1.165) is 17.1 Å². The van der Waals surface area contributed by atoms with Crippen LogP contribution in [0.2, 0.25) is 0 Å². The van der Waals surface area contributed by atoms with Crippen LogP contribution in [0, 0.1) is 0 Å². The zero-order chi connectivity index (χ0) is 23.2. The first-order valence-corrected chi connectivity index (χ1v) is 11.2. The molecule has 166 valence electrons. The minimum absolute atomic E-state index is 0.329. The van der Waals surface area contributed by atoms with Crippen LogP contribution in [0.1, 0.15) is 16.1 Å². The first-order valence-electron chi connectivity index (χ1n) is 10.4. The first-order chi connectivity index (χ1) is 16.8. The minimum Gasteiger partial charge on any atom is -0.448 e. The molecule has 5 rings (SSSR count). The van der Waals surface area contributed by atoms with Crippen LogP contribution in [-0.2, 0) is 0 Å². The molecule has 0 bridgehead atoms. The Balaban J connectivity index is 1.35. The Hall–Kier alpha value is -4.50. The van der Waals surface area contributed by atoms with E-state index in [2.05, 4.69) is 25.7 Å². The van der Waals surface area contributed by atoms with Gasteiger partial charge in [-0.2, -0.15) is 5.10 Å². The number of carbonyl (C=O) groups excluding carboxylic acids is 1. The van der Waals surface area contributed by atoms with Gasteiger partial charge in [-0.05, 0) is 48.2 Å². The summed E-state index contributed by atoms with van der Waals surface area (Å²) in [5.41, 5.74) is 4.84. The molecule has 8 nitrogen and oxygen atoms in total. The smallest absolute Gasteiger partial charge is 0.271 e. The molecule has 0 saturated heterocycles. The molecule has 34 heavy (non-hydrogen) atoms. The average molecular weight is 467 g/mol. The number of furan rings is 1. The lowest BCUT2D eigenvalue weighted by Crippen LogP contribution is -2.17. The fourth-order valence-electron chi connectivity index (χ4n) is 3.19. The van der Waals surface area contributed by atoms with E-state index in [9.17, 15) is 4.79 Å². The summed E-state index contributed by atoms with van der Waals surface area (Å²) in [6.45, 7) is 0. The molecule has 3 heterocycles. The molecule has 3 aromatic heterocycles. The van der Waals surface area contributed by atoms with Gasteiger partial charge in [-0.1, -0.05) is 48.5 Å². The van der Waals surface area contributed by atoms with E-state index in [1.165, 1.54) is 18.0 Å². The average Bonchev–Trinajstić information content (AvgIpc) is 3.53. The van der Waals surface area contributed by atoms with Crippen molar-refractivity contribution in [3.8, 4) is 17.1 Å². The Morgan fingerprint density at radius 2 is 1.65 bits per heavy atom. The van der Waals surface area contributed by atoms with Gasteiger partial charge in [-0.15, -0.1) is 10.2 Å². The standard InChI is InChI=1S/C25H18N6O2S/c32-24(19-13-15-26-16-14-19)29-27-17-21-11-12-22(33-21)34-25-30-28-23(18-7-3-1-4-8-18)31(25)20-9-5-2-6-10-20/h1-17H,(H,29,32)/b27-17-. The molecule has 1 amide bonds. The van der Waals surface area contributed by atoms with Crippen molar-refractivity contribution < 1.29 is 9.21 Å². The fraction of sp³-hybridized carbons (Fsp3) is 0. The van der Waals surface area contributed by atoms with Gasteiger partial charge in [0.2, 0.25) is 5.16 Å². The molecule has 0 spiro atoms. The number of nitrogens with one attached hydrogen (secondary N) is 1. The summed E-state index contributed by atoms with van der Waals surface area (Å²) in [4.78, 5) is 16.0. The van der Waals surface area contributed by atoms with Crippen LogP contribution in [-0.4, -0.2) is 31.9 Å². The summed E-state index contributed by atoms with van der Waals surface area (Å²) < 4.78 is 7.84. The third-order valence-corrected chi connectivity index (χ3v) is 5.64. The third kappa shape index (κ3) is 4.79. The summed E-state index contributed by atoms with van der Waals surface area (Å²) in [5, 5.41) is 14.1. The van der Waals surface area contributed by atoms with Crippen LogP contribution in [0.3, 0.4) is 0 Å². The van der Waals surface area contributed by atoms with Gasteiger partial charge in [-0.3, -0.25) is 14.3 Å². The van der Waals surface area contributed by atoms with Crippen LogP contribution in [0.25, 0.3) is 17.1 Å². The van der Waals surface area contributed by atoms with E-state index in [1.807, 2.05) is 71.3 Å². The Morgan fingerprint density at radius 3 is 2.41 bits per heavy atom. The van der Waals surface area contributed by atoms with Gasteiger partial charge < -0.3 is 4.42 Å². The number of para-hydroxylation sites is 1. The van der Waals surface area contributed by atoms with Gasteiger partial charge >= 0.3 is 0 Å². The highest BCUT2D eigenvalue weighted by molar-refractivity contribution is 7.99. The number of aromatic nitrogens is 4. The molecule has 5 aromatic rings. The zero-order valence-corrected chi connectivity index (χ0v) is 18.6. The quantitative estimate of drug-likeness (QED) is 0.272. The number of benzene rings is 2. The minimum atomic E-state index is -0.329. The van der Waals surface area contributed by atoms with Gasteiger partial charge in [-0.25, -0.2) is 5.43 Å². The van der Waals surface area contributed by atoms with Gasteiger partial charge in [0.15, 0.2) is 10.9 Å². The number of hydrogen-bond acceptors (Lipinski definition) is 7. The molecule has 0 aliphatic heterocycles. The first kappa shape index (κ1) is 21.4. The summed E-state index contributed by atoms with van der Waals surface area (Å²) in [6.07, 6.45) is 4.54. The SMILES string of the molecule is O=C(N/N=C\c1ccc(Sc2nnc(-c3ccccc3)n2-c2ccccc2)o1)c1ccncc1. The molecule has 0 aliphatic carbocycles. The van der Waals surface area contributed by atoms with Crippen molar-refractivity contribution in [2.45, 2.75) is 10.2 Å². The normalized spacial score (nSPS) is 11.1. The lowest BCUT2D eigenvalue weighted by Gasteiger charge is -2.09. The van der Waals surface area contributed by atoms with Crippen molar-refractivity contribution >= 4 is 23.9 Å². The van der Waals surface area contributed by atoms with Gasteiger partial charge in [0, 0.05) is 29.2 Å².